The Kier molecular flexibility index (Phi) is 3.99. The Bertz CT molecular complexity index is 1020. The number of pyridine rings is 1. The van der Waals surface area contributed by atoms with Crippen molar-refractivity contribution in [1.29, 1.82) is 0 Å². The molecule has 3 heterocycles. The van der Waals surface area contributed by atoms with Gasteiger partial charge < -0.3 is 14.6 Å². The zero-order valence-electron chi connectivity index (χ0n) is 15.0. The van der Waals surface area contributed by atoms with Crippen LogP contribution in [-0.2, 0) is 11.2 Å². The Morgan fingerprint density at radius 1 is 1.42 bits per heavy atom. The van der Waals surface area contributed by atoms with E-state index in [4.69, 9.17) is 4.74 Å². The van der Waals surface area contributed by atoms with Crippen LogP contribution >= 0.6 is 0 Å². The van der Waals surface area contributed by atoms with E-state index in [1.165, 1.54) is 11.6 Å². The van der Waals surface area contributed by atoms with Gasteiger partial charge in [-0.15, -0.1) is 0 Å². The lowest BCUT2D eigenvalue weighted by Crippen LogP contribution is -2.26. The van der Waals surface area contributed by atoms with E-state index < -0.39 is 0 Å². The first kappa shape index (κ1) is 16.4. The average Bonchev–Trinajstić information content (AvgIpc) is 3.21. The highest BCUT2D eigenvalue weighted by Crippen LogP contribution is 2.40. The van der Waals surface area contributed by atoms with Crippen LogP contribution in [0.15, 0.2) is 43.1 Å². The number of carbonyl (C=O) groups excluding carboxylic acids is 1. The van der Waals surface area contributed by atoms with E-state index in [-0.39, 0.29) is 5.91 Å². The molecule has 1 aliphatic heterocycles. The lowest BCUT2D eigenvalue weighted by atomic mass is 10.00. The lowest BCUT2D eigenvalue weighted by molar-refractivity contribution is -0.114. The Morgan fingerprint density at radius 2 is 2.27 bits per heavy atom. The Hall–Kier alpha value is -3.08. The maximum absolute atomic E-state index is 12.2. The molecule has 0 unspecified atom stereocenters. The first-order chi connectivity index (χ1) is 12.6. The van der Waals surface area contributed by atoms with Gasteiger partial charge in [-0.3, -0.25) is 4.79 Å². The summed E-state index contributed by atoms with van der Waals surface area (Å²) in [6, 6.07) is 8.20. The van der Waals surface area contributed by atoms with E-state index in [2.05, 4.69) is 34.7 Å². The number of rotatable bonds is 4. The van der Waals surface area contributed by atoms with Crippen LogP contribution < -0.4 is 9.64 Å². The summed E-state index contributed by atoms with van der Waals surface area (Å²) < 4.78 is 5.83. The first-order valence-electron chi connectivity index (χ1n) is 8.81. The molecular formula is C21H21N3O2. The summed E-state index contributed by atoms with van der Waals surface area (Å²) in [5.74, 6) is 0.754. The Balaban J connectivity index is 1.91. The van der Waals surface area contributed by atoms with E-state index in [1.807, 2.05) is 19.9 Å². The molecule has 1 amide bonds. The number of H-pyrrole nitrogens is 1. The summed E-state index contributed by atoms with van der Waals surface area (Å²) in [6.45, 7) is 8.91. The second-order valence-corrected chi connectivity index (χ2v) is 6.38. The van der Waals surface area contributed by atoms with Crippen LogP contribution in [0.2, 0.25) is 0 Å². The second kappa shape index (κ2) is 6.33. The summed E-state index contributed by atoms with van der Waals surface area (Å²) in [5, 5.41) is 0.978. The molecule has 0 radical (unpaired) electrons. The highest BCUT2D eigenvalue weighted by molar-refractivity contribution is 6.04. The van der Waals surface area contributed by atoms with Crippen molar-refractivity contribution in [2.75, 3.05) is 18.1 Å². The molecule has 2 aromatic heterocycles. The smallest absolute Gasteiger partial charge is 0.250 e. The van der Waals surface area contributed by atoms with Gasteiger partial charge in [-0.1, -0.05) is 18.7 Å². The van der Waals surface area contributed by atoms with Gasteiger partial charge in [0, 0.05) is 29.7 Å². The van der Waals surface area contributed by atoms with Crippen molar-refractivity contribution in [2.45, 2.75) is 20.3 Å². The fraction of sp³-hybridized carbons (Fsp3) is 0.238. The number of fused-ring (bicyclic) bond motifs is 2. The summed E-state index contributed by atoms with van der Waals surface area (Å²) >= 11 is 0. The number of anilines is 1. The maximum Gasteiger partial charge on any atom is 0.250 e. The molecule has 26 heavy (non-hydrogen) atoms. The molecule has 5 nitrogen and oxygen atoms in total. The molecule has 0 bridgehead atoms. The van der Waals surface area contributed by atoms with E-state index in [9.17, 15) is 4.79 Å². The van der Waals surface area contributed by atoms with E-state index in [1.54, 1.807) is 11.1 Å². The highest BCUT2D eigenvalue weighted by atomic mass is 16.5. The largest absolute Gasteiger partial charge is 0.493 e. The van der Waals surface area contributed by atoms with Crippen LogP contribution in [0.1, 0.15) is 18.2 Å². The van der Waals surface area contributed by atoms with E-state index >= 15 is 0 Å². The minimum absolute atomic E-state index is 0.0618. The van der Waals surface area contributed by atoms with Gasteiger partial charge in [0.05, 0.1) is 12.0 Å². The number of hydrogen-bond donors (Lipinski definition) is 1. The number of amides is 1. The molecule has 0 aliphatic carbocycles. The monoisotopic (exact) mass is 347 g/mol. The summed E-state index contributed by atoms with van der Waals surface area (Å²) in [5.41, 5.74) is 6.09. The van der Waals surface area contributed by atoms with Crippen molar-refractivity contribution in [3.63, 3.8) is 0 Å². The SMILES string of the molecule is C=CC(=O)N1CCc2ccc(-c3c(C)[nH]c4nccc(OCC)c34)cc21. The molecule has 5 heteroatoms. The molecule has 1 N–H and O–H groups in total. The molecule has 0 spiro atoms. The topological polar surface area (TPSA) is 58.2 Å². The highest BCUT2D eigenvalue weighted by Gasteiger charge is 2.24. The van der Waals surface area contributed by atoms with Gasteiger partial charge in [0.2, 0.25) is 5.91 Å². The molecule has 4 rings (SSSR count). The zero-order chi connectivity index (χ0) is 18.3. The van der Waals surface area contributed by atoms with Crippen molar-refractivity contribution in [1.82, 2.24) is 9.97 Å². The Labute approximate surface area is 152 Å². The van der Waals surface area contributed by atoms with Crippen molar-refractivity contribution in [2.24, 2.45) is 0 Å². The number of carbonyl (C=O) groups is 1. The molecule has 1 aliphatic rings. The predicted octanol–water partition coefficient (Wildman–Crippen LogP) is 4.01. The molecular weight excluding hydrogens is 326 g/mol. The number of hydrogen-bond acceptors (Lipinski definition) is 3. The van der Waals surface area contributed by atoms with Gasteiger partial charge in [-0.2, -0.15) is 0 Å². The van der Waals surface area contributed by atoms with Crippen LogP contribution in [-0.4, -0.2) is 29.0 Å². The second-order valence-electron chi connectivity index (χ2n) is 6.38. The lowest BCUT2D eigenvalue weighted by Gasteiger charge is -2.16. The molecule has 0 saturated heterocycles. The van der Waals surface area contributed by atoms with Crippen LogP contribution in [0.3, 0.4) is 0 Å². The third kappa shape index (κ3) is 2.47. The van der Waals surface area contributed by atoms with E-state index in [0.717, 1.165) is 45.7 Å². The quantitative estimate of drug-likeness (QED) is 0.726. The van der Waals surface area contributed by atoms with Crippen LogP contribution in [0.25, 0.3) is 22.2 Å². The zero-order valence-corrected chi connectivity index (χ0v) is 15.0. The minimum atomic E-state index is -0.0618. The summed E-state index contributed by atoms with van der Waals surface area (Å²) in [4.78, 5) is 21.8. The normalized spacial score (nSPS) is 13.1. The maximum atomic E-state index is 12.2. The number of nitrogens with one attached hydrogen (secondary N) is 1. The van der Waals surface area contributed by atoms with Crippen molar-refractivity contribution >= 4 is 22.6 Å². The first-order valence-corrected chi connectivity index (χ1v) is 8.81. The van der Waals surface area contributed by atoms with E-state index in [0.29, 0.717) is 13.2 Å². The van der Waals surface area contributed by atoms with Crippen molar-refractivity contribution in [3.8, 4) is 16.9 Å². The van der Waals surface area contributed by atoms with Gasteiger partial charge in [0.25, 0.3) is 0 Å². The molecule has 0 fully saturated rings. The van der Waals surface area contributed by atoms with Crippen LogP contribution in [0, 0.1) is 6.92 Å². The number of aromatic nitrogens is 2. The molecule has 0 atom stereocenters. The number of benzene rings is 1. The Morgan fingerprint density at radius 3 is 3.04 bits per heavy atom. The molecule has 3 aromatic rings. The minimum Gasteiger partial charge on any atom is -0.493 e. The van der Waals surface area contributed by atoms with Gasteiger partial charge in [0.15, 0.2) is 0 Å². The van der Waals surface area contributed by atoms with Gasteiger partial charge in [0.1, 0.15) is 11.4 Å². The number of nitrogens with zero attached hydrogens (tertiary/aromatic N) is 2. The standard InChI is InChI=1S/C21H21N3O2/c1-4-18(25)24-11-9-14-6-7-15(12-16(14)24)19-13(3)23-21-20(19)17(26-5-2)8-10-22-21/h4,6-8,10,12H,1,5,9,11H2,2-3H3,(H,22,23). The van der Waals surface area contributed by atoms with Crippen molar-refractivity contribution < 1.29 is 9.53 Å². The average molecular weight is 347 g/mol. The fourth-order valence-corrected chi connectivity index (χ4v) is 3.72. The van der Waals surface area contributed by atoms with Gasteiger partial charge in [-0.05, 0) is 49.6 Å². The molecule has 1 aromatic carbocycles. The van der Waals surface area contributed by atoms with Crippen LogP contribution in [0.4, 0.5) is 5.69 Å². The summed E-state index contributed by atoms with van der Waals surface area (Å²) in [6.07, 6.45) is 3.99. The van der Waals surface area contributed by atoms with Crippen molar-refractivity contribution in [3.05, 3.63) is 54.4 Å². The van der Waals surface area contributed by atoms with Gasteiger partial charge in [-0.25, -0.2) is 4.98 Å². The summed E-state index contributed by atoms with van der Waals surface area (Å²) in [7, 11) is 0. The fourth-order valence-electron chi connectivity index (χ4n) is 3.72. The third-order valence-corrected chi connectivity index (χ3v) is 4.85. The van der Waals surface area contributed by atoms with Crippen LogP contribution in [0.5, 0.6) is 5.75 Å². The predicted molar refractivity (Wildman–Crippen MR) is 104 cm³/mol. The van der Waals surface area contributed by atoms with Gasteiger partial charge >= 0.3 is 0 Å². The molecule has 0 saturated carbocycles. The molecule has 132 valence electrons. The number of aromatic amines is 1. The third-order valence-electron chi connectivity index (χ3n) is 4.85. The number of aryl methyl sites for hydroxylation is 1. The number of ether oxygens (including phenoxy) is 1.